The van der Waals surface area contributed by atoms with Gasteiger partial charge in [0.15, 0.2) is 0 Å². The number of carbonyl (C=O) groups is 1. The Kier molecular flexibility index (Phi) is 3.75. The number of nitrogens with zero attached hydrogens (tertiary/aromatic N) is 2. The Hall–Kier alpha value is -2.43. The first-order valence-electron chi connectivity index (χ1n) is 5.79. The van der Waals surface area contributed by atoms with E-state index in [9.17, 15) is 4.79 Å². The highest BCUT2D eigenvalue weighted by Crippen LogP contribution is 2.19. The van der Waals surface area contributed by atoms with Gasteiger partial charge in [-0.15, -0.1) is 0 Å². The quantitative estimate of drug-likeness (QED) is 0.909. The zero-order chi connectivity index (χ0) is 13.8. The third kappa shape index (κ3) is 2.88. The van der Waals surface area contributed by atoms with Crippen LogP contribution in [0.5, 0.6) is 5.75 Å². The van der Waals surface area contributed by atoms with E-state index in [0.29, 0.717) is 17.9 Å². The van der Waals surface area contributed by atoms with E-state index in [-0.39, 0.29) is 5.56 Å². The number of carboxylic acids is 1. The predicted octanol–water partition coefficient (Wildman–Crippen LogP) is 2.08. The van der Waals surface area contributed by atoms with E-state index in [1.165, 1.54) is 6.20 Å². The number of rotatable bonds is 4. The van der Waals surface area contributed by atoms with Crippen LogP contribution in [0, 0.1) is 6.92 Å². The van der Waals surface area contributed by atoms with Gasteiger partial charge in [-0.05, 0) is 13.0 Å². The molecule has 5 heteroatoms. The Labute approximate surface area is 110 Å². The molecule has 0 atom stereocenters. The molecule has 1 aromatic carbocycles. The molecule has 1 N–H and O–H groups in total. The molecule has 0 saturated heterocycles. The molecule has 2 rings (SSSR count). The summed E-state index contributed by atoms with van der Waals surface area (Å²) in [6, 6.07) is 7.61. The summed E-state index contributed by atoms with van der Waals surface area (Å²) in [6.45, 7) is 1.66. The molecular weight excluding hydrogens is 244 g/mol. The normalized spacial score (nSPS) is 10.2. The average molecular weight is 258 g/mol. The van der Waals surface area contributed by atoms with Crippen LogP contribution in [0.1, 0.15) is 27.4 Å². The van der Waals surface area contributed by atoms with Crippen molar-refractivity contribution >= 4 is 5.97 Å². The molecule has 5 nitrogen and oxygen atoms in total. The summed E-state index contributed by atoms with van der Waals surface area (Å²) in [7, 11) is 1.61. The van der Waals surface area contributed by atoms with Crippen LogP contribution in [0.15, 0.2) is 30.5 Å². The number of para-hydroxylation sites is 1. The smallest absolute Gasteiger partial charge is 0.339 e. The number of carboxylic acid groups (broad SMARTS) is 1. The number of hydrogen-bond acceptors (Lipinski definition) is 4. The monoisotopic (exact) mass is 258 g/mol. The van der Waals surface area contributed by atoms with Crippen molar-refractivity contribution in [3.63, 3.8) is 0 Å². The fourth-order valence-corrected chi connectivity index (χ4v) is 1.83. The van der Waals surface area contributed by atoms with Crippen molar-refractivity contribution in [3.05, 3.63) is 53.1 Å². The first-order valence-corrected chi connectivity index (χ1v) is 5.79. The van der Waals surface area contributed by atoms with Gasteiger partial charge >= 0.3 is 5.97 Å². The number of ether oxygens (including phenoxy) is 1. The minimum absolute atomic E-state index is 0.128. The Balaban J connectivity index is 2.29. The largest absolute Gasteiger partial charge is 0.496 e. The minimum Gasteiger partial charge on any atom is -0.496 e. The Morgan fingerprint density at radius 2 is 2.11 bits per heavy atom. The van der Waals surface area contributed by atoms with Crippen molar-refractivity contribution in [2.75, 3.05) is 7.11 Å². The van der Waals surface area contributed by atoms with Crippen molar-refractivity contribution in [3.8, 4) is 5.75 Å². The Bertz CT molecular complexity index is 611. The zero-order valence-electron chi connectivity index (χ0n) is 10.8. The second-order valence-corrected chi connectivity index (χ2v) is 4.08. The van der Waals surface area contributed by atoms with E-state index in [2.05, 4.69) is 9.97 Å². The summed E-state index contributed by atoms with van der Waals surface area (Å²) in [5.74, 6) is 0.333. The van der Waals surface area contributed by atoms with Crippen LogP contribution in [0.4, 0.5) is 0 Å². The van der Waals surface area contributed by atoms with Crippen molar-refractivity contribution in [2.45, 2.75) is 13.3 Å². The summed E-state index contributed by atoms with van der Waals surface area (Å²) < 4.78 is 5.26. The number of aromatic carboxylic acids is 1. The molecule has 0 spiro atoms. The van der Waals surface area contributed by atoms with Gasteiger partial charge in [-0.25, -0.2) is 14.8 Å². The lowest BCUT2D eigenvalue weighted by Gasteiger charge is -2.08. The minimum atomic E-state index is -1.01. The third-order valence-electron chi connectivity index (χ3n) is 2.80. The molecule has 0 saturated carbocycles. The molecule has 0 unspecified atom stereocenters. The lowest BCUT2D eigenvalue weighted by atomic mass is 10.1. The summed E-state index contributed by atoms with van der Waals surface area (Å²) in [6.07, 6.45) is 1.85. The highest BCUT2D eigenvalue weighted by atomic mass is 16.5. The van der Waals surface area contributed by atoms with Gasteiger partial charge < -0.3 is 9.84 Å². The van der Waals surface area contributed by atoms with Crippen molar-refractivity contribution in [1.82, 2.24) is 9.97 Å². The lowest BCUT2D eigenvalue weighted by Crippen LogP contribution is -2.07. The van der Waals surface area contributed by atoms with Gasteiger partial charge in [0.05, 0.1) is 18.4 Å². The van der Waals surface area contributed by atoms with Crippen molar-refractivity contribution < 1.29 is 14.6 Å². The molecule has 0 aliphatic heterocycles. The van der Waals surface area contributed by atoms with Gasteiger partial charge in [0.1, 0.15) is 11.6 Å². The van der Waals surface area contributed by atoms with Crippen LogP contribution < -0.4 is 4.74 Å². The molecule has 0 aliphatic rings. The fourth-order valence-electron chi connectivity index (χ4n) is 1.83. The maximum Gasteiger partial charge on any atom is 0.339 e. The maximum atomic E-state index is 10.9. The molecule has 19 heavy (non-hydrogen) atoms. The highest BCUT2D eigenvalue weighted by molar-refractivity contribution is 5.88. The first kappa shape index (κ1) is 13.0. The predicted molar refractivity (Wildman–Crippen MR) is 69.5 cm³/mol. The van der Waals surface area contributed by atoms with E-state index in [1.54, 1.807) is 14.0 Å². The SMILES string of the molecule is COc1ccccc1Cc1ncc(C(=O)O)c(C)n1. The number of hydrogen-bond donors (Lipinski definition) is 1. The third-order valence-corrected chi connectivity index (χ3v) is 2.80. The molecular formula is C14H14N2O3. The molecule has 0 aliphatic carbocycles. The molecule has 0 bridgehead atoms. The van der Waals surface area contributed by atoms with Crippen LogP contribution in [0.25, 0.3) is 0 Å². The topological polar surface area (TPSA) is 72.3 Å². The van der Waals surface area contributed by atoms with Crippen LogP contribution in [0.3, 0.4) is 0 Å². The van der Waals surface area contributed by atoms with Crippen LogP contribution in [-0.4, -0.2) is 28.2 Å². The number of benzene rings is 1. The van der Waals surface area contributed by atoms with Gasteiger partial charge in [-0.3, -0.25) is 0 Å². The van der Waals surface area contributed by atoms with E-state index < -0.39 is 5.97 Å². The van der Waals surface area contributed by atoms with Gasteiger partial charge in [-0.2, -0.15) is 0 Å². The zero-order valence-corrected chi connectivity index (χ0v) is 10.8. The number of methoxy groups -OCH3 is 1. The standard InChI is InChI=1S/C14H14N2O3/c1-9-11(14(17)18)8-15-13(16-9)7-10-5-3-4-6-12(10)19-2/h3-6,8H,7H2,1-2H3,(H,17,18). The van der Waals surface area contributed by atoms with Crippen LogP contribution in [0.2, 0.25) is 0 Å². The van der Waals surface area contributed by atoms with Crippen LogP contribution in [-0.2, 0) is 6.42 Å². The van der Waals surface area contributed by atoms with Gasteiger partial charge in [0.25, 0.3) is 0 Å². The molecule has 1 aromatic heterocycles. The second kappa shape index (κ2) is 5.48. The molecule has 0 radical (unpaired) electrons. The summed E-state index contributed by atoms with van der Waals surface area (Å²) in [5, 5.41) is 8.93. The molecule has 0 amide bonds. The summed E-state index contributed by atoms with van der Waals surface area (Å²) in [5.41, 5.74) is 1.56. The Morgan fingerprint density at radius 1 is 1.37 bits per heavy atom. The summed E-state index contributed by atoms with van der Waals surface area (Å²) in [4.78, 5) is 19.2. The van der Waals surface area contributed by atoms with E-state index >= 15 is 0 Å². The fraction of sp³-hybridized carbons (Fsp3) is 0.214. The van der Waals surface area contributed by atoms with Crippen LogP contribution >= 0.6 is 0 Å². The van der Waals surface area contributed by atoms with Crippen molar-refractivity contribution in [2.24, 2.45) is 0 Å². The molecule has 1 heterocycles. The van der Waals surface area contributed by atoms with Gasteiger partial charge in [0, 0.05) is 18.2 Å². The van der Waals surface area contributed by atoms with E-state index in [1.807, 2.05) is 24.3 Å². The average Bonchev–Trinajstić information content (AvgIpc) is 2.39. The van der Waals surface area contributed by atoms with E-state index in [4.69, 9.17) is 9.84 Å². The lowest BCUT2D eigenvalue weighted by molar-refractivity contribution is 0.0695. The molecule has 2 aromatic rings. The molecule has 0 fully saturated rings. The highest BCUT2D eigenvalue weighted by Gasteiger charge is 2.11. The summed E-state index contributed by atoms with van der Waals surface area (Å²) >= 11 is 0. The molecule has 98 valence electrons. The van der Waals surface area contributed by atoms with Gasteiger partial charge in [-0.1, -0.05) is 18.2 Å². The number of aromatic nitrogens is 2. The van der Waals surface area contributed by atoms with Crippen molar-refractivity contribution in [1.29, 1.82) is 0 Å². The first-order chi connectivity index (χ1) is 9.11. The number of aryl methyl sites for hydroxylation is 1. The Morgan fingerprint density at radius 3 is 2.74 bits per heavy atom. The maximum absolute atomic E-state index is 10.9. The second-order valence-electron chi connectivity index (χ2n) is 4.08. The van der Waals surface area contributed by atoms with E-state index in [0.717, 1.165) is 11.3 Å². The van der Waals surface area contributed by atoms with Gasteiger partial charge in [0.2, 0.25) is 0 Å².